The quantitative estimate of drug-likeness (QED) is 0.848. The van der Waals surface area contributed by atoms with Gasteiger partial charge in [0.2, 0.25) is 0 Å². The van der Waals surface area contributed by atoms with Gasteiger partial charge in [0.1, 0.15) is 0 Å². The highest BCUT2D eigenvalue weighted by Crippen LogP contribution is 2.30. The van der Waals surface area contributed by atoms with Crippen molar-refractivity contribution in [1.82, 2.24) is 5.32 Å². The van der Waals surface area contributed by atoms with Crippen molar-refractivity contribution in [2.45, 2.75) is 13.8 Å². The third-order valence-electron chi connectivity index (χ3n) is 3.38. The fourth-order valence-electron chi connectivity index (χ4n) is 2.24. The molecule has 0 bridgehead atoms. The van der Waals surface area contributed by atoms with E-state index in [0.29, 0.717) is 17.8 Å². The van der Waals surface area contributed by atoms with Crippen LogP contribution in [-0.2, 0) is 0 Å². The Hall–Kier alpha value is -2.49. The Kier molecular flexibility index (Phi) is 4.48. The third-order valence-corrected chi connectivity index (χ3v) is 3.38. The number of nitrogens with one attached hydrogen (secondary N) is 1. The molecule has 0 unspecified atom stereocenters. The first-order valence-electron chi connectivity index (χ1n) is 7.01. The first kappa shape index (κ1) is 14.9. The number of nitrogens with two attached hydrogens (primary N) is 1. The minimum Gasteiger partial charge on any atom is -0.397 e. The van der Waals surface area contributed by atoms with Crippen LogP contribution in [0.3, 0.4) is 0 Å². The van der Waals surface area contributed by atoms with E-state index in [-0.39, 0.29) is 5.91 Å². The molecule has 0 heterocycles. The summed E-state index contributed by atoms with van der Waals surface area (Å²) < 4.78 is 0. The number of aryl methyl sites for hydroxylation is 1. The minimum atomic E-state index is -0.103. The van der Waals surface area contributed by atoms with E-state index in [0.717, 1.165) is 11.4 Å². The van der Waals surface area contributed by atoms with Gasteiger partial charge >= 0.3 is 0 Å². The third kappa shape index (κ3) is 3.34. The molecule has 4 nitrogen and oxygen atoms in total. The molecule has 1 amide bonds. The number of hydrogen-bond acceptors (Lipinski definition) is 3. The lowest BCUT2D eigenvalue weighted by molar-refractivity contribution is 0.0956. The van der Waals surface area contributed by atoms with E-state index in [9.17, 15) is 4.79 Å². The summed E-state index contributed by atoms with van der Waals surface area (Å²) in [5.74, 6) is -0.103. The van der Waals surface area contributed by atoms with Crippen LogP contribution in [0.5, 0.6) is 0 Å². The summed E-state index contributed by atoms with van der Waals surface area (Å²) in [6, 6.07) is 13.6. The maximum atomic E-state index is 11.8. The largest absolute Gasteiger partial charge is 0.397 e. The van der Waals surface area contributed by atoms with Crippen LogP contribution in [0.4, 0.5) is 17.1 Å². The van der Waals surface area contributed by atoms with Crippen molar-refractivity contribution in [1.29, 1.82) is 0 Å². The van der Waals surface area contributed by atoms with Gasteiger partial charge in [0.15, 0.2) is 0 Å². The molecule has 0 aliphatic heterocycles. The van der Waals surface area contributed by atoms with E-state index in [1.807, 2.05) is 37.1 Å². The normalized spacial score (nSPS) is 10.2. The van der Waals surface area contributed by atoms with E-state index < -0.39 is 0 Å². The standard InChI is InChI=1S/C17H21N3O/c1-4-19-17(21)13-8-9-16(15(18)11-13)20(3)14-7-5-6-12(2)10-14/h5-11H,4,18H2,1-3H3,(H,19,21). The molecule has 21 heavy (non-hydrogen) atoms. The summed E-state index contributed by atoms with van der Waals surface area (Å²) >= 11 is 0. The van der Waals surface area contributed by atoms with Crippen molar-refractivity contribution in [2.24, 2.45) is 0 Å². The molecule has 0 radical (unpaired) electrons. The number of carbonyl (C=O) groups excluding carboxylic acids is 1. The molecule has 0 atom stereocenters. The summed E-state index contributed by atoms with van der Waals surface area (Å²) in [7, 11) is 1.96. The van der Waals surface area contributed by atoms with Gasteiger partial charge in [0.05, 0.1) is 11.4 Å². The summed E-state index contributed by atoms with van der Waals surface area (Å²) in [4.78, 5) is 13.8. The Morgan fingerprint density at radius 3 is 2.62 bits per heavy atom. The Balaban J connectivity index is 2.30. The van der Waals surface area contributed by atoms with Gasteiger partial charge in [-0.1, -0.05) is 12.1 Å². The fourth-order valence-corrected chi connectivity index (χ4v) is 2.24. The molecule has 0 aromatic heterocycles. The molecule has 0 fully saturated rings. The summed E-state index contributed by atoms with van der Waals surface area (Å²) in [6.45, 7) is 4.55. The second-order valence-electron chi connectivity index (χ2n) is 5.03. The summed E-state index contributed by atoms with van der Waals surface area (Å²) in [5, 5.41) is 2.77. The minimum absolute atomic E-state index is 0.103. The second kappa shape index (κ2) is 6.31. The lowest BCUT2D eigenvalue weighted by Crippen LogP contribution is -2.23. The van der Waals surface area contributed by atoms with Crippen molar-refractivity contribution >= 4 is 23.0 Å². The molecule has 2 aromatic rings. The Morgan fingerprint density at radius 1 is 1.24 bits per heavy atom. The van der Waals surface area contributed by atoms with Crippen LogP contribution in [0.15, 0.2) is 42.5 Å². The molecular weight excluding hydrogens is 262 g/mol. The van der Waals surface area contributed by atoms with Crippen LogP contribution >= 0.6 is 0 Å². The predicted octanol–water partition coefficient (Wildman–Crippen LogP) is 3.09. The van der Waals surface area contributed by atoms with Gasteiger partial charge in [-0.2, -0.15) is 0 Å². The summed E-state index contributed by atoms with van der Waals surface area (Å²) in [5.41, 5.74) is 10.4. The van der Waals surface area contributed by atoms with Gasteiger partial charge in [-0.3, -0.25) is 4.79 Å². The van der Waals surface area contributed by atoms with Crippen molar-refractivity contribution < 1.29 is 4.79 Å². The Labute approximate surface area is 125 Å². The van der Waals surface area contributed by atoms with Crippen molar-refractivity contribution in [3.05, 3.63) is 53.6 Å². The topological polar surface area (TPSA) is 58.4 Å². The molecule has 0 saturated carbocycles. The number of amides is 1. The molecule has 2 rings (SSSR count). The Morgan fingerprint density at radius 2 is 2.00 bits per heavy atom. The molecule has 0 aliphatic carbocycles. The highest BCUT2D eigenvalue weighted by atomic mass is 16.1. The smallest absolute Gasteiger partial charge is 0.251 e. The van der Waals surface area contributed by atoms with E-state index in [4.69, 9.17) is 5.73 Å². The predicted molar refractivity (Wildman–Crippen MR) is 88.1 cm³/mol. The van der Waals surface area contributed by atoms with E-state index in [2.05, 4.69) is 24.4 Å². The lowest BCUT2D eigenvalue weighted by atomic mass is 10.1. The van der Waals surface area contributed by atoms with Crippen LogP contribution in [-0.4, -0.2) is 19.5 Å². The number of benzene rings is 2. The SMILES string of the molecule is CCNC(=O)c1ccc(N(C)c2cccc(C)c2)c(N)c1. The maximum absolute atomic E-state index is 11.8. The van der Waals surface area contributed by atoms with Gasteiger partial charge < -0.3 is 16.0 Å². The molecular formula is C17H21N3O. The molecule has 3 N–H and O–H groups in total. The van der Waals surface area contributed by atoms with Crippen molar-refractivity contribution in [2.75, 3.05) is 24.2 Å². The van der Waals surface area contributed by atoms with E-state index >= 15 is 0 Å². The number of hydrogen-bond donors (Lipinski definition) is 2. The van der Waals surface area contributed by atoms with Gasteiger partial charge in [-0.05, 0) is 49.7 Å². The van der Waals surface area contributed by atoms with Crippen LogP contribution in [0.1, 0.15) is 22.8 Å². The van der Waals surface area contributed by atoms with E-state index in [1.54, 1.807) is 12.1 Å². The molecule has 0 spiro atoms. The van der Waals surface area contributed by atoms with Gasteiger partial charge in [0, 0.05) is 24.8 Å². The molecule has 110 valence electrons. The number of rotatable bonds is 4. The summed E-state index contributed by atoms with van der Waals surface area (Å²) in [6.07, 6.45) is 0. The number of nitrogen functional groups attached to an aromatic ring is 1. The lowest BCUT2D eigenvalue weighted by Gasteiger charge is -2.22. The first-order valence-corrected chi connectivity index (χ1v) is 7.01. The van der Waals surface area contributed by atoms with Crippen LogP contribution in [0, 0.1) is 6.92 Å². The monoisotopic (exact) mass is 283 g/mol. The molecule has 2 aromatic carbocycles. The van der Waals surface area contributed by atoms with Gasteiger partial charge in [-0.25, -0.2) is 0 Å². The first-order chi connectivity index (χ1) is 10.0. The van der Waals surface area contributed by atoms with Crippen LogP contribution < -0.4 is 16.0 Å². The fraction of sp³-hybridized carbons (Fsp3) is 0.235. The highest BCUT2D eigenvalue weighted by Gasteiger charge is 2.11. The van der Waals surface area contributed by atoms with Gasteiger partial charge in [-0.15, -0.1) is 0 Å². The number of anilines is 3. The van der Waals surface area contributed by atoms with E-state index in [1.165, 1.54) is 5.56 Å². The number of nitrogens with zero attached hydrogens (tertiary/aromatic N) is 1. The molecule has 0 saturated heterocycles. The average Bonchev–Trinajstić information content (AvgIpc) is 2.46. The second-order valence-corrected chi connectivity index (χ2v) is 5.03. The van der Waals surface area contributed by atoms with Crippen LogP contribution in [0.2, 0.25) is 0 Å². The van der Waals surface area contributed by atoms with Crippen LogP contribution in [0.25, 0.3) is 0 Å². The zero-order valence-corrected chi connectivity index (χ0v) is 12.7. The number of carbonyl (C=O) groups is 1. The van der Waals surface area contributed by atoms with Gasteiger partial charge in [0.25, 0.3) is 5.91 Å². The average molecular weight is 283 g/mol. The van der Waals surface area contributed by atoms with Crippen molar-refractivity contribution in [3.8, 4) is 0 Å². The maximum Gasteiger partial charge on any atom is 0.251 e. The van der Waals surface area contributed by atoms with Crippen molar-refractivity contribution in [3.63, 3.8) is 0 Å². The molecule has 0 aliphatic rings. The zero-order chi connectivity index (χ0) is 15.4. The zero-order valence-electron chi connectivity index (χ0n) is 12.7. The molecule has 4 heteroatoms. The Bertz CT molecular complexity index is 652. The highest BCUT2D eigenvalue weighted by molar-refractivity contribution is 5.96.